The molecule has 1 aliphatic heterocycles. The van der Waals surface area contributed by atoms with Crippen molar-refractivity contribution in [3.05, 3.63) is 12.2 Å². The number of piperidine rings is 1. The molecule has 0 aliphatic carbocycles. The third kappa shape index (κ3) is 2.48. The lowest BCUT2D eigenvalue weighted by Crippen LogP contribution is -2.45. The fourth-order valence-corrected chi connectivity index (χ4v) is 1.88. The lowest BCUT2D eigenvalue weighted by Gasteiger charge is -2.35. The van der Waals surface area contributed by atoms with Crippen LogP contribution >= 0.6 is 0 Å². The molecule has 0 aromatic rings. The van der Waals surface area contributed by atoms with Crippen LogP contribution < -0.4 is 0 Å². The average Bonchev–Trinajstić information content (AvgIpc) is 2.17. The van der Waals surface area contributed by atoms with Crippen LogP contribution in [0.15, 0.2) is 12.2 Å². The Morgan fingerprint density at radius 2 is 2.36 bits per heavy atom. The summed E-state index contributed by atoms with van der Waals surface area (Å²) in [6.45, 7) is 2.56. The molecule has 14 heavy (non-hydrogen) atoms. The van der Waals surface area contributed by atoms with Crippen LogP contribution in [0.4, 0.5) is 4.79 Å². The first-order chi connectivity index (χ1) is 6.69. The zero-order chi connectivity index (χ0) is 10.6. The molecule has 1 amide bonds. The molecular formula is C10H17NO3. The summed E-state index contributed by atoms with van der Waals surface area (Å²) in [6.07, 6.45) is 4.37. The number of likely N-dealkylation sites (tertiary alicyclic amines) is 1. The van der Waals surface area contributed by atoms with E-state index >= 15 is 0 Å². The Kier molecular flexibility index (Phi) is 3.95. The van der Waals surface area contributed by atoms with Gasteiger partial charge in [0.25, 0.3) is 0 Å². The zero-order valence-corrected chi connectivity index (χ0v) is 8.39. The molecule has 0 spiro atoms. The summed E-state index contributed by atoms with van der Waals surface area (Å²) in [4.78, 5) is 12.3. The molecule has 4 nitrogen and oxygen atoms in total. The number of rotatable bonds is 2. The number of nitrogens with zero attached hydrogens (tertiary/aromatic N) is 1. The summed E-state index contributed by atoms with van der Waals surface area (Å²) in [5, 5.41) is 17.9. The fourth-order valence-electron chi connectivity index (χ4n) is 1.88. The molecule has 1 fully saturated rings. The summed E-state index contributed by atoms with van der Waals surface area (Å²) in [7, 11) is 0. The predicted octanol–water partition coefficient (Wildman–Crippen LogP) is 1.31. The largest absolute Gasteiger partial charge is 0.465 e. The minimum Gasteiger partial charge on any atom is -0.465 e. The maximum absolute atomic E-state index is 10.9. The molecule has 1 rings (SSSR count). The Labute approximate surface area is 83.8 Å². The van der Waals surface area contributed by atoms with Gasteiger partial charge >= 0.3 is 6.09 Å². The van der Waals surface area contributed by atoms with Gasteiger partial charge in [-0.05, 0) is 25.7 Å². The highest BCUT2D eigenvalue weighted by atomic mass is 16.4. The van der Waals surface area contributed by atoms with E-state index in [1.165, 1.54) is 4.90 Å². The van der Waals surface area contributed by atoms with Crippen LogP contribution in [-0.4, -0.2) is 40.4 Å². The van der Waals surface area contributed by atoms with E-state index in [1.807, 2.05) is 19.1 Å². The Bertz CT molecular complexity index is 227. The monoisotopic (exact) mass is 199 g/mol. The van der Waals surface area contributed by atoms with E-state index in [4.69, 9.17) is 10.2 Å². The van der Waals surface area contributed by atoms with Crippen molar-refractivity contribution >= 4 is 6.09 Å². The summed E-state index contributed by atoms with van der Waals surface area (Å²) in [5.41, 5.74) is 0. The van der Waals surface area contributed by atoms with Gasteiger partial charge in [-0.2, -0.15) is 0 Å². The number of amides is 1. The lowest BCUT2D eigenvalue weighted by atomic mass is 9.91. The van der Waals surface area contributed by atoms with Gasteiger partial charge in [-0.1, -0.05) is 12.2 Å². The summed E-state index contributed by atoms with van der Waals surface area (Å²) in [5.74, 6) is 0.242. The number of aliphatic hydroxyl groups is 1. The van der Waals surface area contributed by atoms with Crippen molar-refractivity contribution in [2.24, 2.45) is 5.92 Å². The number of hydrogen-bond donors (Lipinski definition) is 2. The average molecular weight is 199 g/mol. The van der Waals surface area contributed by atoms with E-state index in [9.17, 15) is 4.79 Å². The molecule has 2 N–H and O–H groups in total. The third-order valence-electron chi connectivity index (χ3n) is 2.67. The molecule has 80 valence electrons. The maximum Gasteiger partial charge on any atom is 0.407 e. The van der Waals surface area contributed by atoms with E-state index in [2.05, 4.69) is 0 Å². The van der Waals surface area contributed by atoms with Gasteiger partial charge in [-0.3, -0.25) is 0 Å². The molecule has 1 heterocycles. The van der Waals surface area contributed by atoms with Gasteiger partial charge in [-0.15, -0.1) is 0 Å². The van der Waals surface area contributed by atoms with E-state index in [-0.39, 0.29) is 18.6 Å². The molecule has 0 aromatic carbocycles. The highest BCUT2D eigenvalue weighted by Crippen LogP contribution is 2.23. The summed E-state index contributed by atoms with van der Waals surface area (Å²) >= 11 is 0. The van der Waals surface area contributed by atoms with Crippen LogP contribution in [0.1, 0.15) is 19.8 Å². The molecular weight excluding hydrogens is 182 g/mol. The van der Waals surface area contributed by atoms with Crippen LogP contribution in [0.5, 0.6) is 0 Å². The predicted molar refractivity (Wildman–Crippen MR) is 53.1 cm³/mol. The molecule has 0 bridgehead atoms. The van der Waals surface area contributed by atoms with Crippen molar-refractivity contribution in [3.63, 3.8) is 0 Å². The van der Waals surface area contributed by atoms with Gasteiger partial charge in [0.15, 0.2) is 0 Å². The Morgan fingerprint density at radius 3 is 2.86 bits per heavy atom. The van der Waals surface area contributed by atoms with Gasteiger partial charge < -0.3 is 15.1 Å². The lowest BCUT2D eigenvalue weighted by molar-refractivity contribution is 0.0870. The number of carboxylic acid groups (broad SMARTS) is 1. The van der Waals surface area contributed by atoms with Crippen molar-refractivity contribution in [3.8, 4) is 0 Å². The van der Waals surface area contributed by atoms with E-state index in [0.29, 0.717) is 6.54 Å². The maximum atomic E-state index is 10.9. The first-order valence-corrected chi connectivity index (χ1v) is 4.92. The second-order valence-electron chi connectivity index (χ2n) is 3.64. The van der Waals surface area contributed by atoms with Crippen molar-refractivity contribution in [2.75, 3.05) is 13.2 Å². The fraction of sp³-hybridized carbons (Fsp3) is 0.700. The van der Waals surface area contributed by atoms with Crippen molar-refractivity contribution in [1.29, 1.82) is 0 Å². The van der Waals surface area contributed by atoms with Crippen LogP contribution in [0.25, 0.3) is 0 Å². The second-order valence-corrected chi connectivity index (χ2v) is 3.64. The first kappa shape index (κ1) is 11.0. The number of carbonyl (C=O) groups is 1. The quantitative estimate of drug-likeness (QED) is 0.659. The topological polar surface area (TPSA) is 60.8 Å². The third-order valence-corrected chi connectivity index (χ3v) is 2.67. The molecule has 1 saturated heterocycles. The standard InChI is InChI=1S/C10H17NO3/c1-2-3-9-6-8(7-12)4-5-11(9)10(13)14/h2-3,8-9,12H,4-7H2,1H3,(H,13,14). The molecule has 2 unspecified atom stereocenters. The van der Waals surface area contributed by atoms with Crippen molar-refractivity contribution in [2.45, 2.75) is 25.8 Å². The molecule has 0 saturated carbocycles. The van der Waals surface area contributed by atoms with E-state index in [0.717, 1.165) is 12.8 Å². The highest BCUT2D eigenvalue weighted by molar-refractivity contribution is 5.66. The number of hydrogen-bond acceptors (Lipinski definition) is 2. The van der Waals surface area contributed by atoms with Crippen LogP contribution in [-0.2, 0) is 0 Å². The minimum atomic E-state index is -0.871. The van der Waals surface area contributed by atoms with Gasteiger partial charge in [0, 0.05) is 13.2 Å². The normalized spacial score (nSPS) is 28.3. The first-order valence-electron chi connectivity index (χ1n) is 4.92. The minimum absolute atomic E-state index is 0.0663. The van der Waals surface area contributed by atoms with Crippen LogP contribution in [0, 0.1) is 5.92 Å². The van der Waals surface area contributed by atoms with E-state index in [1.54, 1.807) is 0 Å². The Balaban J connectivity index is 2.65. The zero-order valence-electron chi connectivity index (χ0n) is 8.39. The van der Waals surface area contributed by atoms with Gasteiger partial charge in [0.05, 0.1) is 6.04 Å². The van der Waals surface area contributed by atoms with Gasteiger partial charge in [0.1, 0.15) is 0 Å². The van der Waals surface area contributed by atoms with Gasteiger partial charge in [-0.25, -0.2) is 4.79 Å². The summed E-state index contributed by atoms with van der Waals surface area (Å²) < 4.78 is 0. The number of allylic oxidation sites excluding steroid dienone is 1. The van der Waals surface area contributed by atoms with Crippen molar-refractivity contribution in [1.82, 2.24) is 4.90 Å². The molecule has 0 radical (unpaired) electrons. The SMILES string of the molecule is CC=CC1CC(CO)CCN1C(=O)O. The van der Waals surface area contributed by atoms with Gasteiger partial charge in [0.2, 0.25) is 0 Å². The Hall–Kier alpha value is -1.03. The van der Waals surface area contributed by atoms with E-state index < -0.39 is 6.09 Å². The molecule has 2 atom stereocenters. The number of aliphatic hydroxyl groups excluding tert-OH is 1. The smallest absolute Gasteiger partial charge is 0.407 e. The molecule has 4 heteroatoms. The Morgan fingerprint density at radius 1 is 1.64 bits per heavy atom. The van der Waals surface area contributed by atoms with Crippen molar-refractivity contribution < 1.29 is 15.0 Å². The van der Waals surface area contributed by atoms with Crippen LogP contribution in [0.3, 0.4) is 0 Å². The molecule has 1 aliphatic rings. The summed E-state index contributed by atoms with van der Waals surface area (Å²) in [6, 6.07) is -0.0663. The highest BCUT2D eigenvalue weighted by Gasteiger charge is 2.29. The van der Waals surface area contributed by atoms with Crippen LogP contribution in [0.2, 0.25) is 0 Å². The second kappa shape index (κ2) is 5.00. The molecule has 0 aromatic heterocycles.